The van der Waals surface area contributed by atoms with Crippen LogP contribution in [-0.4, -0.2) is 23.2 Å². The summed E-state index contributed by atoms with van der Waals surface area (Å²) in [6.07, 6.45) is 1.42. The summed E-state index contributed by atoms with van der Waals surface area (Å²) in [4.78, 5) is 14.9. The van der Waals surface area contributed by atoms with Crippen LogP contribution in [0.2, 0.25) is 0 Å². The molecule has 0 saturated heterocycles. The van der Waals surface area contributed by atoms with Crippen molar-refractivity contribution in [2.45, 2.75) is 10.8 Å². The predicted octanol–water partition coefficient (Wildman–Crippen LogP) is 3.22. The maximum Gasteiger partial charge on any atom is 0.335 e. The second-order valence-electron chi connectivity index (χ2n) is 3.91. The maximum atomic E-state index is 13.9. The molecule has 0 saturated carbocycles. The van der Waals surface area contributed by atoms with Crippen LogP contribution in [0.5, 0.6) is 5.75 Å². The molecular formula is C14H12FNO3S. The molecule has 1 aromatic heterocycles. The van der Waals surface area contributed by atoms with Crippen molar-refractivity contribution in [2.75, 3.05) is 7.11 Å². The van der Waals surface area contributed by atoms with E-state index in [1.54, 1.807) is 18.2 Å². The lowest BCUT2D eigenvalue weighted by molar-refractivity contribution is 0.0696. The third-order valence-corrected chi connectivity index (χ3v) is 3.59. The Labute approximate surface area is 119 Å². The Kier molecular flexibility index (Phi) is 4.57. The summed E-state index contributed by atoms with van der Waals surface area (Å²) >= 11 is 1.27. The number of pyridine rings is 1. The number of nitrogens with zero attached hydrogens (tertiary/aromatic N) is 1. The highest BCUT2D eigenvalue weighted by Crippen LogP contribution is 2.26. The van der Waals surface area contributed by atoms with Gasteiger partial charge in [-0.15, -0.1) is 11.8 Å². The summed E-state index contributed by atoms with van der Waals surface area (Å²) in [7, 11) is 1.41. The number of ether oxygens (including phenoxy) is 1. The molecule has 1 aromatic carbocycles. The van der Waals surface area contributed by atoms with Gasteiger partial charge in [0.15, 0.2) is 11.6 Å². The van der Waals surface area contributed by atoms with Crippen LogP contribution in [0.3, 0.4) is 0 Å². The van der Waals surface area contributed by atoms with E-state index in [0.29, 0.717) is 16.3 Å². The average Bonchev–Trinajstić information content (AvgIpc) is 2.46. The first-order valence-electron chi connectivity index (χ1n) is 5.75. The quantitative estimate of drug-likeness (QED) is 0.858. The average molecular weight is 293 g/mol. The minimum Gasteiger partial charge on any atom is -0.494 e. The fourth-order valence-electron chi connectivity index (χ4n) is 1.60. The lowest BCUT2D eigenvalue weighted by Gasteiger charge is -2.07. The van der Waals surface area contributed by atoms with Crippen LogP contribution in [0.1, 0.15) is 15.9 Å². The molecule has 0 amide bonds. The molecule has 6 heteroatoms. The van der Waals surface area contributed by atoms with Crippen molar-refractivity contribution in [3.05, 3.63) is 53.5 Å². The van der Waals surface area contributed by atoms with Crippen LogP contribution in [0, 0.1) is 5.82 Å². The Hall–Kier alpha value is -2.08. The molecule has 20 heavy (non-hydrogen) atoms. The van der Waals surface area contributed by atoms with E-state index in [-0.39, 0.29) is 11.3 Å². The van der Waals surface area contributed by atoms with Gasteiger partial charge in [-0.1, -0.05) is 12.1 Å². The Morgan fingerprint density at radius 3 is 2.95 bits per heavy atom. The topological polar surface area (TPSA) is 59.4 Å². The molecule has 0 fully saturated rings. The summed E-state index contributed by atoms with van der Waals surface area (Å²) in [5.74, 6) is -0.881. The van der Waals surface area contributed by atoms with E-state index in [9.17, 15) is 9.18 Å². The fraction of sp³-hybridized carbons (Fsp3) is 0.143. The van der Waals surface area contributed by atoms with Crippen LogP contribution >= 0.6 is 11.8 Å². The van der Waals surface area contributed by atoms with E-state index >= 15 is 0 Å². The van der Waals surface area contributed by atoms with Gasteiger partial charge < -0.3 is 9.84 Å². The van der Waals surface area contributed by atoms with Crippen molar-refractivity contribution < 1.29 is 19.0 Å². The van der Waals surface area contributed by atoms with Crippen molar-refractivity contribution in [3.8, 4) is 5.75 Å². The summed E-state index contributed by atoms with van der Waals surface area (Å²) < 4.78 is 18.8. The molecule has 2 aromatic rings. The summed E-state index contributed by atoms with van der Waals surface area (Å²) in [6, 6.07) is 7.79. The highest BCUT2D eigenvalue weighted by Gasteiger charge is 2.10. The number of hydrogen-bond acceptors (Lipinski definition) is 4. The van der Waals surface area contributed by atoms with E-state index < -0.39 is 11.8 Å². The number of hydrogen-bond donors (Lipinski definition) is 1. The zero-order valence-electron chi connectivity index (χ0n) is 10.7. The number of thioether (sulfide) groups is 1. The SMILES string of the molecule is COc1cccc(CSc2cc(C(=O)O)ccn2)c1F. The van der Waals surface area contributed by atoms with Crippen LogP contribution in [0.15, 0.2) is 41.6 Å². The van der Waals surface area contributed by atoms with Crippen molar-refractivity contribution in [1.29, 1.82) is 0 Å². The van der Waals surface area contributed by atoms with E-state index in [0.717, 1.165) is 0 Å². The first kappa shape index (κ1) is 14.3. The third kappa shape index (κ3) is 3.27. The molecule has 2 rings (SSSR count). The largest absolute Gasteiger partial charge is 0.494 e. The summed E-state index contributed by atoms with van der Waals surface area (Å²) in [5, 5.41) is 9.43. The highest BCUT2D eigenvalue weighted by atomic mass is 32.2. The van der Waals surface area contributed by atoms with Gasteiger partial charge in [-0.25, -0.2) is 14.2 Å². The Morgan fingerprint density at radius 1 is 1.45 bits per heavy atom. The van der Waals surface area contributed by atoms with Gasteiger partial charge in [-0.05, 0) is 18.2 Å². The molecule has 0 atom stereocenters. The minimum atomic E-state index is -1.01. The molecular weight excluding hydrogens is 281 g/mol. The number of carbonyl (C=O) groups is 1. The molecule has 0 aliphatic heterocycles. The fourth-order valence-corrected chi connectivity index (χ4v) is 2.47. The van der Waals surface area contributed by atoms with E-state index in [1.165, 1.54) is 37.2 Å². The number of halogens is 1. The normalized spacial score (nSPS) is 10.3. The molecule has 0 unspecified atom stereocenters. The molecule has 0 radical (unpaired) electrons. The van der Waals surface area contributed by atoms with Gasteiger partial charge in [0.1, 0.15) is 0 Å². The number of benzene rings is 1. The maximum absolute atomic E-state index is 13.9. The van der Waals surface area contributed by atoms with Crippen molar-refractivity contribution in [1.82, 2.24) is 4.98 Å². The molecule has 1 heterocycles. The van der Waals surface area contributed by atoms with Gasteiger partial charge in [-0.2, -0.15) is 0 Å². The molecule has 104 valence electrons. The van der Waals surface area contributed by atoms with Crippen molar-refractivity contribution in [2.24, 2.45) is 0 Å². The predicted molar refractivity (Wildman–Crippen MR) is 73.7 cm³/mol. The lowest BCUT2D eigenvalue weighted by atomic mass is 10.2. The molecule has 1 N–H and O–H groups in total. The zero-order valence-corrected chi connectivity index (χ0v) is 11.5. The lowest BCUT2D eigenvalue weighted by Crippen LogP contribution is -1.97. The molecule has 0 spiro atoms. The van der Waals surface area contributed by atoms with Crippen LogP contribution in [0.25, 0.3) is 0 Å². The van der Waals surface area contributed by atoms with Crippen LogP contribution in [0.4, 0.5) is 4.39 Å². The number of aromatic carboxylic acids is 1. The van der Waals surface area contributed by atoms with Gasteiger partial charge >= 0.3 is 5.97 Å². The zero-order chi connectivity index (χ0) is 14.5. The first-order valence-corrected chi connectivity index (χ1v) is 6.74. The van der Waals surface area contributed by atoms with Crippen molar-refractivity contribution >= 4 is 17.7 Å². The summed E-state index contributed by atoms with van der Waals surface area (Å²) in [6.45, 7) is 0. The number of carboxylic acids is 1. The number of methoxy groups -OCH3 is 1. The molecule has 0 aliphatic rings. The monoisotopic (exact) mass is 293 g/mol. The van der Waals surface area contributed by atoms with Gasteiger partial charge in [0, 0.05) is 17.5 Å². The van der Waals surface area contributed by atoms with Gasteiger partial charge in [0.25, 0.3) is 0 Å². The van der Waals surface area contributed by atoms with Crippen LogP contribution < -0.4 is 4.74 Å². The number of aromatic nitrogens is 1. The van der Waals surface area contributed by atoms with E-state index in [2.05, 4.69) is 4.98 Å². The highest BCUT2D eigenvalue weighted by molar-refractivity contribution is 7.98. The standard InChI is InChI=1S/C14H12FNO3S/c1-19-11-4-2-3-10(13(11)15)8-20-12-7-9(14(17)18)5-6-16-12/h2-7H,8H2,1H3,(H,17,18). The van der Waals surface area contributed by atoms with Gasteiger partial charge in [-0.3, -0.25) is 0 Å². The molecule has 0 aliphatic carbocycles. The van der Waals surface area contributed by atoms with E-state index in [4.69, 9.17) is 9.84 Å². The molecule has 0 bridgehead atoms. The smallest absolute Gasteiger partial charge is 0.335 e. The number of carboxylic acid groups (broad SMARTS) is 1. The minimum absolute atomic E-state index is 0.161. The van der Waals surface area contributed by atoms with E-state index in [1.807, 2.05) is 0 Å². The third-order valence-electron chi connectivity index (χ3n) is 2.62. The molecule has 4 nitrogen and oxygen atoms in total. The summed E-state index contributed by atoms with van der Waals surface area (Å²) in [5.41, 5.74) is 0.644. The van der Waals surface area contributed by atoms with Crippen LogP contribution in [-0.2, 0) is 5.75 Å². The Bertz CT molecular complexity index is 634. The Morgan fingerprint density at radius 2 is 2.25 bits per heavy atom. The second kappa shape index (κ2) is 6.38. The first-order chi connectivity index (χ1) is 9.61. The van der Waals surface area contributed by atoms with Gasteiger partial charge in [0.05, 0.1) is 17.7 Å². The number of rotatable bonds is 5. The van der Waals surface area contributed by atoms with Crippen molar-refractivity contribution in [3.63, 3.8) is 0 Å². The second-order valence-corrected chi connectivity index (χ2v) is 4.91. The Balaban J connectivity index is 2.13. The van der Waals surface area contributed by atoms with Gasteiger partial charge in [0.2, 0.25) is 0 Å².